The predicted octanol–water partition coefficient (Wildman–Crippen LogP) is 4.43. The maximum atomic E-state index is 12.5. The summed E-state index contributed by atoms with van der Waals surface area (Å²) in [7, 11) is 0. The smallest absolute Gasteiger partial charge is 0.255 e. The molecule has 1 amide bonds. The summed E-state index contributed by atoms with van der Waals surface area (Å²) < 4.78 is 0. The van der Waals surface area contributed by atoms with Gasteiger partial charge in [0.05, 0.1) is 10.6 Å². The van der Waals surface area contributed by atoms with Crippen LogP contribution in [-0.4, -0.2) is 28.9 Å². The van der Waals surface area contributed by atoms with Gasteiger partial charge in [-0.3, -0.25) is 4.79 Å². The van der Waals surface area contributed by atoms with Crippen molar-refractivity contribution >= 4 is 29.1 Å². The lowest BCUT2D eigenvalue weighted by atomic mass is 9.74. The number of carbonyl (C=O) groups excluding carboxylic acids is 1. The maximum Gasteiger partial charge on any atom is 0.255 e. The number of hydrogen-bond donors (Lipinski definition) is 0. The number of carbonyl (C=O) groups is 1. The first-order valence-corrected chi connectivity index (χ1v) is 7.87. The van der Waals surface area contributed by atoms with Crippen LogP contribution in [0.5, 0.6) is 0 Å². The van der Waals surface area contributed by atoms with Crippen LogP contribution in [0.1, 0.15) is 49.9 Å². The zero-order chi connectivity index (χ0) is 14.8. The van der Waals surface area contributed by atoms with Gasteiger partial charge in [0, 0.05) is 19.3 Å². The van der Waals surface area contributed by atoms with Crippen LogP contribution in [0.15, 0.2) is 12.3 Å². The highest BCUT2D eigenvalue weighted by Crippen LogP contribution is 2.38. The van der Waals surface area contributed by atoms with Crippen LogP contribution in [0.25, 0.3) is 0 Å². The molecule has 110 valence electrons. The van der Waals surface area contributed by atoms with Crippen LogP contribution in [0.3, 0.4) is 0 Å². The molecule has 1 saturated heterocycles. The number of piperidine rings is 1. The summed E-state index contributed by atoms with van der Waals surface area (Å²) in [6.07, 6.45) is 5.90. The number of likely N-dealkylation sites (tertiary alicyclic amines) is 1. The van der Waals surface area contributed by atoms with E-state index in [0.29, 0.717) is 21.2 Å². The van der Waals surface area contributed by atoms with Gasteiger partial charge in [-0.25, -0.2) is 4.98 Å². The molecule has 2 heterocycles. The van der Waals surface area contributed by atoms with Crippen molar-refractivity contribution in [1.29, 1.82) is 0 Å². The van der Waals surface area contributed by atoms with Gasteiger partial charge in [0.1, 0.15) is 5.15 Å². The van der Waals surface area contributed by atoms with Gasteiger partial charge < -0.3 is 4.90 Å². The monoisotopic (exact) mass is 314 g/mol. The van der Waals surface area contributed by atoms with Crippen molar-refractivity contribution < 1.29 is 4.79 Å². The Hall–Kier alpha value is -0.800. The highest BCUT2D eigenvalue weighted by Gasteiger charge is 2.33. The summed E-state index contributed by atoms with van der Waals surface area (Å²) in [4.78, 5) is 18.3. The first-order valence-electron chi connectivity index (χ1n) is 7.11. The van der Waals surface area contributed by atoms with E-state index in [2.05, 4.69) is 18.8 Å². The van der Waals surface area contributed by atoms with Crippen molar-refractivity contribution in [2.45, 2.75) is 39.5 Å². The van der Waals surface area contributed by atoms with Gasteiger partial charge in [-0.1, -0.05) is 49.9 Å². The molecule has 1 aromatic rings. The second kappa shape index (κ2) is 6.31. The minimum Gasteiger partial charge on any atom is -0.339 e. The lowest BCUT2D eigenvalue weighted by Crippen LogP contribution is -2.42. The average Bonchev–Trinajstić information content (AvgIpc) is 2.49. The van der Waals surface area contributed by atoms with Gasteiger partial charge in [-0.2, -0.15) is 0 Å². The van der Waals surface area contributed by atoms with E-state index in [1.807, 2.05) is 4.90 Å². The first kappa shape index (κ1) is 15.6. The molecule has 1 aliphatic rings. The highest BCUT2D eigenvalue weighted by atomic mass is 35.5. The molecule has 0 saturated carbocycles. The molecule has 0 radical (unpaired) electrons. The van der Waals surface area contributed by atoms with E-state index in [9.17, 15) is 4.79 Å². The largest absolute Gasteiger partial charge is 0.339 e. The molecule has 0 atom stereocenters. The highest BCUT2D eigenvalue weighted by molar-refractivity contribution is 6.35. The molecular formula is C15H20Cl2N2O. The van der Waals surface area contributed by atoms with Crippen molar-refractivity contribution in [2.75, 3.05) is 13.1 Å². The summed E-state index contributed by atoms with van der Waals surface area (Å²) in [5, 5.41) is 0.661. The zero-order valence-electron chi connectivity index (χ0n) is 12.0. The maximum absolute atomic E-state index is 12.5. The molecule has 0 aliphatic carbocycles. The van der Waals surface area contributed by atoms with Gasteiger partial charge >= 0.3 is 0 Å². The third-order valence-corrected chi connectivity index (χ3v) is 5.17. The second-order valence-corrected chi connectivity index (χ2v) is 6.28. The predicted molar refractivity (Wildman–Crippen MR) is 82.4 cm³/mol. The lowest BCUT2D eigenvalue weighted by Gasteiger charge is -2.41. The van der Waals surface area contributed by atoms with Gasteiger partial charge in [0.25, 0.3) is 5.91 Å². The van der Waals surface area contributed by atoms with Crippen molar-refractivity contribution in [3.8, 4) is 0 Å². The van der Waals surface area contributed by atoms with E-state index in [1.165, 1.54) is 19.0 Å². The van der Waals surface area contributed by atoms with Crippen LogP contribution >= 0.6 is 23.2 Å². The lowest BCUT2D eigenvalue weighted by molar-refractivity contribution is 0.0558. The third kappa shape index (κ3) is 3.09. The molecule has 0 spiro atoms. The Labute approximate surface area is 130 Å². The number of nitrogens with zero attached hydrogens (tertiary/aromatic N) is 2. The Balaban J connectivity index is 2.10. The fraction of sp³-hybridized carbons (Fsp3) is 0.600. The molecule has 0 N–H and O–H groups in total. The normalized spacial score (nSPS) is 18.1. The number of hydrogen-bond acceptors (Lipinski definition) is 2. The number of amides is 1. The summed E-state index contributed by atoms with van der Waals surface area (Å²) in [6.45, 7) is 6.05. The Morgan fingerprint density at radius 3 is 2.45 bits per heavy atom. The summed E-state index contributed by atoms with van der Waals surface area (Å²) >= 11 is 11.9. The zero-order valence-corrected chi connectivity index (χ0v) is 13.5. The number of halogens is 2. The molecular weight excluding hydrogens is 295 g/mol. The van der Waals surface area contributed by atoms with Crippen LogP contribution in [0.4, 0.5) is 0 Å². The summed E-state index contributed by atoms with van der Waals surface area (Å²) in [5.41, 5.74) is 0.850. The van der Waals surface area contributed by atoms with Crippen LogP contribution in [0.2, 0.25) is 10.2 Å². The molecule has 0 unspecified atom stereocenters. The second-order valence-electron chi connectivity index (χ2n) is 5.49. The molecule has 3 nitrogen and oxygen atoms in total. The van der Waals surface area contributed by atoms with Gasteiger partial charge in [0.15, 0.2) is 0 Å². The molecule has 1 fully saturated rings. The van der Waals surface area contributed by atoms with Gasteiger partial charge in [0.2, 0.25) is 0 Å². The van der Waals surface area contributed by atoms with Crippen molar-refractivity contribution in [1.82, 2.24) is 9.88 Å². The third-order valence-electron chi connectivity index (χ3n) is 4.66. The standard InChI is InChI=1S/C15H20Cl2N2O/c1-3-15(4-2)5-7-19(8-6-15)14(20)11-9-13(17)18-10-12(11)16/h9-10H,3-8H2,1-2H3. The van der Waals surface area contributed by atoms with E-state index in [0.717, 1.165) is 25.9 Å². The SMILES string of the molecule is CCC1(CC)CCN(C(=O)c2cc(Cl)ncc2Cl)CC1. The minimum atomic E-state index is -0.0416. The van der Waals surface area contributed by atoms with E-state index in [-0.39, 0.29) is 5.91 Å². The van der Waals surface area contributed by atoms with E-state index >= 15 is 0 Å². The fourth-order valence-corrected chi connectivity index (χ4v) is 3.23. The van der Waals surface area contributed by atoms with Crippen LogP contribution in [-0.2, 0) is 0 Å². The molecule has 1 aromatic heterocycles. The Morgan fingerprint density at radius 1 is 1.30 bits per heavy atom. The topological polar surface area (TPSA) is 33.2 Å². The van der Waals surface area contributed by atoms with Gasteiger partial charge in [-0.05, 0) is 24.3 Å². The summed E-state index contributed by atoms with van der Waals surface area (Å²) in [6, 6.07) is 1.55. The Kier molecular flexibility index (Phi) is 4.92. The van der Waals surface area contributed by atoms with Crippen molar-refractivity contribution in [3.05, 3.63) is 28.0 Å². The van der Waals surface area contributed by atoms with Crippen LogP contribution in [0, 0.1) is 5.41 Å². The quantitative estimate of drug-likeness (QED) is 0.773. The number of rotatable bonds is 3. The van der Waals surface area contributed by atoms with Crippen molar-refractivity contribution in [3.63, 3.8) is 0 Å². The molecule has 2 rings (SSSR count). The molecule has 0 aromatic carbocycles. The number of pyridine rings is 1. The molecule has 20 heavy (non-hydrogen) atoms. The van der Waals surface area contributed by atoms with E-state index in [1.54, 1.807) is 6.07 Å². The number of aromatic nitrogens is 1. The minimum absolute atomic E-state index is 0.0416. The molecule has 0 bridgehead atoms. The summed E-state index contributed by atoms with van der Waals surface area (Å²) in [5.74, 6) is -0.0416. The Morgan fingerprint density at radius 2 is 1.90 bits per heavy atom. The van der Waals surface area contributed by atoms with Gasteiger partial charge in [-0.15, -0.1) is 0 Å². The average molecular weight is 315 g/mol. The van der Waals surface area contributed by atoms with E-state index < -0.39 is 0 Å². The fourth-order valence-electron chi connectivity index (χ4n) is 2.89. The Bertz CT molecular complexity index is 491. The van der Waals surface area contributed by atoms with Crippen molar-refractivity contribution in [2.24, 2.45) is 5.41 Å². The molecule has 5 heteroatoms. The van der Waals surface area contributed by atoms with E-state index in [4.69, 9.17) is 23.2 Å². The molecule has 1 aliphatic heterocycles. The van der Waals surface area contributed by atoms with Crippen LogP contribution < -0.4 is 0 Å². The first-order chi connectivity index (χ1) is 9.51.